The van der Waals surface area contributed by atoms with Crippen LogP contribution in [-0.4, -0.2) is 22.4 Å². The number of thioether (sulfide) groups is 2. The van der Waals surface area contributed by atoms with E-state index >= 15 is 0 Å². The van der Waals surface area contributed by atoms with Gasteiger partial charge >= 0.3 is 0 Å². The van der Waals surface area contributed by atoms with Crippen molar-refractivity contribution in [1.82, 2.24) is 4.98 Å². The Labute approximate surface area is 149 Å². The molecule has 2 heterocycles. The number of nitrogens with one attached hydrogen (secondary N) is 2. The molecule has 3 aromatic rings. The first-order valence-corrected chi connectivity index (χ1v) is 10.0. The molecule has 1 fully saturated rings. The molecule has 1 amide bonds. The Morgan fingerprint density at radius 1 is 1.08 bits per heavy atom. The van der Waals surface area contributed by atoms with Crippen LogP contribution in [0.1, 0.15) is 26.2 Å². The number of aromatic nitrogens is 1. The normalized spacial score (nSPS) is 15.0. The van der Waals surface area contributed by atoms with Crippen molar-refractivity contribution < 1.29 is 4.79 Å². The third-order valence-electron chi connectivity index (χ3n) is 4.08. The lowest BCUT2D eigenvalue weighted by atomic mass is 10.1. The number of aryl methyl sites for hydroxylation is 1. The molecule has 0 radical (unpaired) electrons. The van der Waals surface area contributed by atoms with Gasteiger partial charge in [0.15, 0.2) is 0 Å². The molecule has 2 N–H and O–H groups in total. The van der Waals surface area contributed by atoms with Gasteiger partial charge in [0.1, 0.15) is 0 Å². The Bertz CT molecular complexity index is 880. The number of benzene rings is 2. The number of H-pyrrole nitrogens is 1. The lowest BCUT2D eigenvalue weighted by molar-refractivity contribution is 0.102. The summed E-state index contributed by atoms with van der Waals surface area (Å²) in [7, 11) is 0. The second-order valence-electron chi connectivity index (χ2n) is 5.90. The fourth-order valence-electron chi connectivity index (χ4n) is 2.90. The number of fused-ring (bicyclic) bond motifs is 1. The average Bonchev–Trinajstić information content (AvgIpc) is 3.23. The number of anilines is 1. The summed E-state index contributed by atoms with van der Waals surface area (Å²) >= 11 is 3.95. The van der Waals surface area contributed by atoms with Crippen molar-refractivity contribution in [2.24, 2.45) is 0 Å². The summed E-state index contributed by atoms with van der Waals surface area (Å²) in [6, 6.07) is 16.0. The molecule has 0 aliphatic carbocycles. The van der Waals surface area contributed by atoms with Gasteiger partial charge in [-0.25, -0.2) is 0 Å². The fourth-order valence-corrected chi connectivity index (χ4v) is 5.76. The Morgan fingerprint density at radius 3 is 2.58 bits per heavy atom. The molecule has 0 saturated carbocycles. The minimum absolute atomic E-state index is 0.0696. The van der Waals surface area contributed by atoms with Crippen LogP contribution in [-0.2, 0) is 0 Å². The van der Waals surface area contributed by atoms with Gasteiger partial charge < -0.3 is 10.3 Å². The van der Waals surface area contributed by atoms with Gasteiger partial charge in [0, 0.05) is 39.4 Å². The molecular weight excluding hydrogens is 336 g/mol. The molecule has 1 aliphatic heterocycles. The lowest BCUT2D eigenvalue weighted by Gasteiger charge is -2.10. The molecule has 1 saturated heterocycles. The molecule has 0 unspecified atom stereocenters. The van der Waals surface area contributed by atoms with E-state index in [1.807, 2.05) is 60.8 Å². The zero-order valence-electron chi connectivity index (χ0n) is 13.3. The Hall–Kier alpha value is -1.85. The molecule has 4 rings (SSSR count). The summed E-state index contributed by atoms with van der Waals surface area (Å²) in [5.41, 5.74) is 5.01. The predicted molar refractivity (Wildman–Crippen MR) is 105 cm³/mol. The van der Waals surface area contributed by atoms with Crippen LogP contribution in [0, 0.1) is 6.92 Å². The molecular formula is C19H18N2OS2. The van der Waals surface area contributed by atoms with Crippen LogP contribution in [0.4, 0.5) is 5.69 Å². The smallest absolute Gasteiger partial charge is 0.255 e. The molecule has 24 heavy (non-hydrogen) atoms. The van der Waals surface area contributed by atoms with Crippen molar-refractivity contribution >= 4 is 46.0 Å². The summed E-state index contributed by atoms with van der Waals surface area (Å²) in [4.78, 5) is 15.7. The zero-order valence-corrected chi connectivity index (χ0v) is 15.0. The van der Waals surface area contributed by atoms with Crippen LogP contribution in [0.25, 0.3) is 10.9 Å². The maximum atomic E-state index is 12.5. The zero-order chi connectivity index (χ0) is 16.5. The maximum absolute atomic E-state index is 12.5. The van der Waals surface area contributed by atoms with E-state index in [-0.39, 0.29) is 5.91 Å². The van der Waals surface area contributed by atoms with E-state index in [4.69, 9.17) is 0 Å². The van der Waals surface area contributed by atoms with Gasteiger partial charge in [0.05, 0.1) is 4.58 Å². The summed E-state index contributed by atoms with van der Waals surface area (Å²) in [6.45, 7) is 2.03. The van der Waals surface area contributed by atoms with Gasteiger partial charge in [0.25, 0.3) is 5.91 Å². The number of rotatable bonds is 3. The summed E-state index contributed by atoms with van der Waals surface area (Å²) in [5.74, 6) is 2.34. The summed E-state index contributed by atoms with van der Waals surface area (Å²) < 4.78 is 0.515. The van der Waals surface area contributed by atoms with Crippen LogP contribution in [0.15, 0.2) is 48.5 Å². The first kappa shape index (κ1) is 15.7. The van der Waals surface area contributed by atoms with E-state index in [0.717, 1.165) is 22.3 Å². The summed E-state index contributed by atoms with van der Waals surface area (Å²) in [6.07, 6.45) is 0. The number of aromatic amines is 1. The third kappa shape index (κ3) is 3.19. The molecule has 2 aromatic carbocycles. The molecule has 0 bridgehead atoms. The van der Waals surface area contributed by atoms with E-state index in [9.17, 15) is 4.79 Å². The number of carbonyl (C=O) groups is 1. The van der Waals surface area contributed by atoms with Crippen molar-refractivity contribution in [3.05, 3.63) is 65.4 Å². The van der Waals surface area contributed by atoms with Gasteiger partial charge in [-0.15, -0.1) is 23.5 Å². The number of hydrogen-bond acceptors (Lipinski definition) is 3. The molecule has 122 valence electrons. The summed E-state index contributed by atoms with van der Waals surface area (Å²) in [5, 5.41) is 4.09. The Kier molecular flexibility index (Phi) is 4.29. The van der Waals surface area contributed by atoms with E-state index in [1.54, 1.807) is 0 Å². The highest BCUT2D eigenvalue weighted by atomic mass is 32.2. The highest BCUT2D eigenvalue weighted by Gasteiger charge is 2.18. The Balaban J connectivity index is 1.50. The third-order valence-corrected chi connectivity index (χ3v) is 7.18. The van der Waals surface area contributed by atoms with Crippen molar-refractivity contribution in [1.29, 1.82) is 0 Å². The molecule has 5 heteroatoms. The van der Waals surface area contributed by atoms with E-state index in [1.165, 1.54) is 17.1 Å². The van der Waals surface area contributed by atoms with Crippen molar-refractivity contribution in [3.8, 4) is 0 Å². The SMILES string of the molecule is Cc1cc2cc(NC(=O)c3ccc(C4SCCS4)cc3)ccc2[nH]1. The highest BCUT2D eigenvalue weighted by molar-refractivity contribution is 8.19. The van der Waals surface area contributed by atoms with Gasteiger partial charge in [-0.1, -0.05) is 12.1 Å². The standard InChI is InChI=1S/C19H18N2OS2/c1-12-10-15-11-16(6-7-17(15)20-12)21-18(22)13-2-4-14(5-3-13)19-23-8-9-24-19/h2-7,10-11,19-20H,8-9H2,1H3,(H,21,22). The quantitative estimate of drug-likeness (QED) is 0.679. The number of carbonyl (C=O) groups excluding carboxylic acids is 1. The van der Waals surface area contributed by atoms with Crippen LogP contribution in [0.3, 0.4) is 0 Å². The van der Waals surface area contributed by atoms with Gasteiger partial charge in [-0.05, 0) is 48.9 Å². The number of hydrogen-bond donors (Lipinski definition) is 2. The molecule has 0 atom stereocenters. The largest absolute Gasteiger partial charge is 0.359 e. The average molecular weight is 354 g/mol. The van der Waals surface area contributed by atoms with Crippen LogP contribution < -0.4 is 5.32 Å². The first-order chi connectivity index (χ1) is 11.7. The second-order valence-corrected chi connectivity index (χ2v) is 8.63. The Morgan fingerprint density at radius 2 is 1.83 bits per heavy atom. The fraction of sp³-hybridized carbons (Fsp3) is 0.211. The van der Waals surface area contributed by atoms with Gasteiger partial charge in [-0.3, -0.25) is 4.79 Å². The van der Waals surface area contributed by atoms with E-state index in [2.05, 4.69) is 28.5 Å². The van der Waals surface area contributed by atoms with Crippen molar-refractivity contribution in [2.45, 2.75) is 11.5 Å². The molecule has 1 aromatic heterocycles. The van der Waals surface area contributed by atoms with Crippen LogP contribution >= 0.6 is 23.5 Å². The topological polar surface area (TPSA) is 44.9 Å². The predicted octanol–water partition coefficient (Wildman–Crippen LogP) is 5.21. The van der Waals surface area contributed by atoms with Crippen LogP contribution in [0.5, 0.6) is 0 Å². The molecule has 0 spiro atoms. The van der Waals surface area contributed by atoms with Gasteiger partial charge in [0.2, 0.25) is 0 Å². The maximum Gasteiger partial charge on any atom is 0.255 e. The van der Waals surface area contributed by atoms with Crippen LogP contribution in [0.2, 0.25) is 0 Å². The minimum Gasteiger partial charge on any atom is -0.359 e. The van der Waals surface area contributed by atoms with E-state index < -0.39 is 0 Å². The number of amides is 1. The van der Waals surface area contributed by atoms with Crippen molar-refractivity contribution in [2.75, 3.05) is 16.8 Å². The lowest BCUT2D eigenvalue weighted by Crippen LogP contribution is -2.11. The monoisotopic (exact) mass is 354 g/mol. The second kappa shape index (κ2) is 6.57. The first-order valence-electron chi connectivity index (χ1n) is 7.93. The van der Waals surface area contributed by atoms with Crippen molar-refractivity contribution in [3.63, 3.8) is 0 Å². The highest BCUT2D eigenvalue weighted by Crippen LogP contribution is 2.45. The molecule has 3 nitrogen and oxygen atoms in total. The minimum atomic E-state index is -0.0696. The van der Waals surface area contributed by atoms with E-state index in [0.29, 0.717) is 10.1 Å². The molecule has 1 aliphatic rings. The van der Waals surface area contributed by atoms with Gasteiger partial charge in [-0.2, -0.15) is 0 Å².